The molecule has 4 heteroatoms. The molecule has 0 unspecified atom stereocenters. The lowest BCUT2D eigenvalue weighted by Gasteiger charge is -2.19. The van der Waals surface area contributed by atoms with Crippen LogP contribution < -0.4 is 9.47 Å². The molecule has 0 saturated heterocycles. The highest BCUT2D eigenvalue weighted by molar-refractivity contribution is 6.20. The minimum Gasteiger partial charge on any atom is -0.395 e. The Morgan fingerprint density at radius 2 is 1.25 bits per heavy atom. The molecular weight excluding hydrogens is 352 g/mol. The fourth-order valence-corrected chi connectivity index (χ4v) is 3.14. The molecule has 28 heavy (non-hydrogen) atoms. The van der Waals surface area contributed by atoms with Crippen molar-refractivity contribution in [3.8, 4) is 22.6 Å². The van der Waals surface area contributed by atoms with Gasteiger partial charge in [0.1, 0.15) is 11.5 Å². The zero-order valence-electron chi connectivity index (χ0n) is 16.0. The molecule has 0 heterocycles. The largest absolute Gasteiger partial charge is 0.519 e. The van der Waals surface area contributed by atoms with Crippen LogP contribution in [0.2, 0.25) is 0 Å². The fourth-order valence-electron chi connectivity index (χ4n) is 3.14. The molecule has 140 valence electrons. The molecule has 2 aliphatic rings. The van der Waals surface area contributed by atoms with Crippen LogP contribution in [0.25, 0.3) is 11.1 Å². The average Bonchev–Trinajstić information content (AvgIpc) is 2.67. The highest BCUT2D eigenvalue weighted by Crippen LogP contribution is 2.33. The Morgan fingerprint density at radius 1 is 0.714 bits per heavy atom. The van der Waals surface area contributed by atoms with E-state index in [4.69, 9.17) is 9.47 Å². The summed E-state index contributed by atoms with van der Waals surface area (Å²) in [6.07, 6.45) is -0.794. The van der Waals surface area contributed by atoms with Crippen molar-refractivity contribution in [3.63, 3.8) is 0 Å². The summed E-state index contributed by atoms with van der Waals surface area (Å²) in [5.41, 5.74) is 4.44. The quantitative estimate of drug-likeness (QED) is 0.338. The molecule has 0 atom stereocenters. The maximum absolute atomic E-state index is 12.0. The van der Waals surface area contributed by atoms with Gasteiger partial charge in [-0.15, -0.1) is 0 Å². The van der Waals surface area contributed by atoms with Gasteiger partial charge in [-0.3, -0.25) is 4.79 Å². The normalized spacial score (nSPS) is 12.3. The SMILES string of the molecule is CC(C)(C)c1ccc(OC(=O)Oc2ccc(-c3ccc4cc3C4=O)cc2)cc1. The monoisotopic (exact) mass is 372 g/mol. The summed E-state index contributed by atoms with van der Waals surface area (Å²) in [6, 6.07) is 20.0. The lowest BCUT2D eigenvalue weighted by molar-refractivity contribution is 0.102. The summed E-state index contributed by atoms with van der Waals surface area (Å²) < 4.78 is 10.5. The van der Waals surface area contributed by atoms with Crippen LogP contribution in [0.3, 0.4) is 0 Å². The molecular formula is C24H20O4. The molecule has 0 N–H and O–H groups in total. The van der Waals surface area contributed by atoms with Crippen molar-refractivity contribution in [1.29, 1.82) is 0 Å². The Balaban J connectivity index is 1.41. The van der Waals surface area contributed by atoms with Gasteiger partial charge >= 0.3 is 6.16 Å². The van der Waals surface area contributed by atoms with Crippen molar-refractivity contribution >= 4 is 11.9 Å². The average molecular weight is 372 g/mol. The van der Waals surface area contributed by atoms with Crippen molar-refractivity contribution in [2.45, 2.75) is 26.2 Å². The van der Waals surface area contributed by atoms with E-state index in [1.54, 1.807) is 24.3 Å². The van der Waals surface area contributed by atoms with E-state index in [2.05, 4.69) is 20.8 Å². The van der Waals surface area contributed by atoms with Crippen LogP contribution in [0.5, 0.6) is 11.5 Å². The molecule has 4 nitrogen and oxygen atoms in total. The summed E-state index contributed by atoms with van der Waals surface area (Å²) in [5.74, 6) is 0.889. The standard InChI is InChI=1S/C24H20O4/c1-24(2,3)17-7-11-19(12-8-17)28-23(26)27-18-9-4-15(5-10-18)20-13-6-16-14-21(20)22(16)25/h4-14H,1-3H3. The van der Waals surface area contributed by atoms with Crippen molar-refractivity contribution in [1.82, 2.24) is 0 Å². The van der Waals surface area contributed by atoms with Crippen LogP contribution in [0.4, 0.5) is 4.79 Å². The number of hydrogen-bond acceptors (Lipinski definition) is 4. The maximum Gasteiger partial charge on any atom is 0.519 e. The minimum atomic E-state index is -0.794. The van der Waals surface area contributed by atoms with Crippen LogP contribution >= 0.6 is 0 Å². The topological polar surface area (TPSA) is 52.6 Å². The molecule has 5 rings (SSSR count). The van der Waals surface area contributed by atoms with Gasteiger partial charge in [0.2, 0.25) is 0 Å². The Hall–Kier alpha value is -3.40. The molecule has 0 fully saturated rings. The maximum atomic E-state index is 12.0. The third kappa shape index (κ3) is 3.41. The van der Waals surface area contributed by atoms with Gasteiger partial charge in [0, 0.05) is 11.1 Å². The molecule has 0 radical (unpaired) electrons. The molecule has 3 aromatic carbocycles. The Labute approximate surface area is 163 Å². The number of fused-ring (bicyclic) bond motifs is 2. The smallest absolute Gasteiger partial charge is 0.395 e. The lowest BCUT2D eigenvalue weighted by Crippen LogP contribution is -2.15. The highest BCUT2D eigenvalue weighted by Gasteiger charge is 2.24. The molecule has 0 amide bonds. The first kappa shape index (κ1) is 18.0. The van der Waals surface area contributed by atoms with Crippen LogP contribution in [0.1, 0.15) is 42.3 Å². The first-order valence-electron chi connectivity index (χ1n) is 9.11. The molecule has 2 aliphatic carbocycles. The molecule has 0 aliphatic heterocycles. The zero-order chi connectivity index (χ0) is 19.9. The number of rotatable bonds is 3. The molecule has 3 aromatic rings. The van der Waals surface area contributed by atoms with E-state index in [1.807, 2.05) is 42.5 Å². The molecule has 2 bridgehead atoms. The van der Waals surface area contributed by atoms with Gasteiger partial charge in [0.15, 0.2) is 5.78 Å². The summed E-state index contributed by atoms with van der Waals surface area (Å²) in [6.45, 7) is 6.37. The van der Waals surface area contributed by atoms with Gasteiger partial charge in [-0.2, -0.15) is 0 Å². The van der Waals surface area contributed by atoms with E-state index in [1.165, 1.54) is 0 Å². The van der Waals surface area contributed by atoms with Crippen molar-refractivity contribution in [2.75, 3.05) is 0 Å². The first-order valence-corrected chi connectivity index (χ1v) is 9.11. The second-order valence-corrected chi connectivity index (χ2v) is 7.84. The van der Waals surface area contributed by atoms with Gasteiger partial charge in [-0.25, -0.2) is 4.79 Å². The van der Waals surface area contributed by atoms with Crippen LogP contribution in [-0.2, 0) is 5.41 Å². The number of carbonyl (C=O) groups excluding carboxylic acids is 2. The zero-order valence-corrected chi connectivity index (χ0v) is 16.0. The molecule has 0 aromatic heterocycles. The van der Waals surface area contributed by atoms with Gasteiger partial charge in [0.05, 0.1) is 0 Å². The van der Waals surface area contributed by atoms with Crippen LogP contribution in [0, 0.1) is 0 Å². The van der Waals surface area contributed by atoms with E-state index in [-0.39, 0.29) is 11.2 Å². The number of benzene rings is 3. The van der Waals surface area contributed by atoms with E-state index >= 15 is 0 Å². The summed E-state index contributed by atoms with van der Waals surface area (Å²) in [5, 5.41) is 0. The predicted molar refractivity (Wildman–Crippen MR) is 107 cm³/mol. The number of ether oxygens (including phenoxy) is 2. The van der Waals surface area contributed by atoms with Gasteiger partial charge in [-0.1, -0.05) is 57.2 Å². The first-order chi connectivity index (χ1) is 13.3. The Morgan fingerprint density at radius 3 is 1.75 bits per heavy atom. The van der Waals surface area contributed by atoms with E-state index < -0.39 is 6.16 Å². The summed E-state index contributed by atoms with van der Waals surface area (Å²) >= 11 is 0. The molecule has 0 saturated carbocycles. The minimum absolute atomic E-state index is 0.0338. The van der Waals surface area contributed by atoms with E-state index in [0.717, 1.165) is 27.8 Å². The second-order valence-electron chi connectivity index (χ2n) is 7.84. The van der Waals surface area contributed by atoms with Crippen molar-refractivity contribution in [3.05, 3.63) is 83.4 Å². The van der Waals surface area contributed by atoms with Crippen molar-refractivity contribution in [2.24, 2.45) is 0 Å². The van der Waals surface area contributed by atoms with Gasteiger partial charge < -0.3 is 9.47 Å². The predicted octanol–water partition coefficient (Wildman–Crippen LogP) is 5.77. The molecule has 0 spiro atoms. The number of hydrogen-bond donors (Lipinski definition) is 0. The Bertz CT molecular complexity index is 1050. The number of carbonyl (C=O) groups is 2. The van der Waals surface area contributed by atoms with E-state index in [9.17, 15) is 9.59 Å². The summed E-state index contributed by atoms with van der Waals surface area (Å²) in [7, 11) is 0. The summed E-state index contributed by atoms with van der Waals surface area (Å²) in [4.78, 5) is 23.9. The second kappa shape index (κ2) is 6.64. The third-order valence-electron chi connectivity index (χ3n) is 4.81. The van der Waals surface area contributed by atoms with Crippen LogP contribution in [-0.4, -0.2) is 11.9 Å². The lowest BCUT2D eigenvalue weighted by atomic mass is 9.84. The van der Waals surface area contributed by atoms with Crippen LogP contribution in [0.15, 0.2) is 66.7 Å². The number of ketones is 1. The van der Waals surface area contributed by atoms with Gasteiger partial charge in [0.25, 0.3) is 0 Å². The third-order valence-corrected chi connectivity index (χ3v) is 4.81. The fraction of sp³-hybridized carbons (Fsp3) is 0.167. The Kier molecular flexibility index (Phi) is 4.27. The van der Waals surface area contributed by atoms with Gasteiger partial charge in [-0.05, 0) is 52.4 Å². The van der Waals surface area contributed by atoms with Crippen molar-refractivity contribution < 1.29 is 19.1 Å². The van der Waals surface area contributed by atoms with E-state index in [0.29, 0.717) is 11.5 Å². The highest BCUT2D eigenvalue weighted by atomic mass is 16.7.